The van der Waals surface area contributed by atoms with E-state index in [1.165, 1.54) is 50.5 Å². The molecule has 0 bridgehead atoms. The van der Waals surface area contributed by atoms with Gasteiger partial charge < -0.3 is 9.63 Å². The van der Waals surface area contributed by atoms with E-state index >= 15 is 0 Å². The average molecular weight is 404 g/mol. The van der Waals surface area contributed by atoms with Crippen LogP contribution in [0.2, 0.25) is 0 Å². The summed E-state index contributed by atoms with van der Waals surface area (Å²) in [6, 6.07) is 10.00. The van der Waals surface area contributed by atoms with Crippen molar-refractivity contribution in [2.45, 2.75) is 75.1 Å². The number of aliphatic carboxylic acids is 1. The van der Waals surface area contributed by atoms with Gasteiger partial charge in [-0.2, -0.15) is 4.98 Å². The van der Waals surface area contributed by atoms with Crippen molar-refractivity contribution >= 4 is 17.9 Å². The summed E-state index contributed by atoms with van der Waals surface area (Å²) in [7, 11) is 0. The molecule has 0 unspecified atom stereocenters. The van der Waals surface area contributed by atoms with Crippen LogP contribution in [0.15, 0.2) is 39.8 Å². The monoisotopic (exact) mass is 403 g/mol. The maximum Gasteiger partial charge on any atom is 0.304 e. The molecule has 0 radical (unpaired) electrons. The quantitative estimate of drug-likeness (QED) is 0.500. The number of nitrogens with one attached hydrogen (secondary N) is 1. The Bertz CT molecular complexity index is 717. The van der Waals surface area contributed by atoms with Crippen LogP contribution in [0.5, 0.6) is 0 Å². The molecule has 1 atom stereocenters. The molecular weight excluding hydrogens is 374 g/mol. The van der Waals surface area contributed by atoms with Crippen molar-refractivity contribution in [3.05, 3.63) is 42.0 Å². The van der Waals surface area contributed by atoms with Crippen LogP contribution in [0, 0.1) is 5.92 Å². The van der Waals surface area contributed by atoms with Gasteiger partial charge in [-0.1, -0.05) is 68.3 Å². The highest BCUT2D eigenvalue weighted by molar-refractivity contribution is 7.97. The van der Waals surface area contributed by atoms with Gasteiger partial charge in [0, 0.05) is 10.8 Å². The normalized spacial score (nSPS) is 16.1. The molecule has 1 fully saturated rings. The number of carboxylic acid groups (broad SMARTS) is 1. The van der Waals surface area contributed by atoms with Crippen molar-refractivity contribution in [3.8, 4) is 0 Å². The zero-order chi connectivity index (χ0) is 19.6. The molecule has 1 aliphatic rings. The lowest BCUT2D eigenvalue weighted by Gasteiger charge is -2.21. The Hall–Kier alpha value is -1.86. The van der Waals surface area contributed by atoms with Gasteiger partial charge in [-0.15, -0.1) is 0 Å². The summed E-state index contributed by atoms with van der Waals surface area (Å²) < 4.78 is 8.61. The Morgan fingerprint density at radius 2 is 2.04 bits per heavy atom. The van der Waals surface area contributed by atoms with E-state index in [4.69, 9.17) is 4.52 Å². The van der Waals surface area contributed by atoms with Crippen LogP contribution in [0.3, 0.4) is 0 Å². The number of hydrogen-bond acceptors (Lipinski definition) is 6. The number of nitrogens with zero attached hydrogens (tertiary/aromatic N) is 2. The summed E-state index contributed by atoms with van der Waals surface area (Å²) >= 11 is 1.51. The summed E-state index contributed by atoms with van der Waals surface area (Å²) in [5.74, 6) is 0.787. The summed E-state index contributed by atoms with van der Waals surface area (Å²) in [4.78, 5) is 16.8. The smallest absolute Gasteiger partial charge is 0.304 e. The molecule has 28 heavy (non-hydrogen) atoms. The maximum absolute atomic E-state index is 11.3. The van der Waals surface area contributed by atoms with Gasteiger partial charge in [0.05, 0.1) is 13.0 Å². The van der Waals surface area contributed by atoms with Crippen molar-refractivity contribution in [3.63, 3.8) is 0 Å². The van der Waals surface area contributed by atoms with Crippen LogP contribution in [-0.2, 0) is 11.3 Å². The molecule has 1 heterocycles. The second-order valence-electron chi connectivity index (χ2n) is 7.51. The number of hydrogen-bond donors (Lipinski definition) is 2. The summed E-state index contributed by atoms with van der Waals surface area (Å²) in [5, 5.41) is 13.3. The van der Waals surface area contributed by atoms with Crippen molar-refractivity contribution in [2.24, 2.45) is 5.92 Å². The first kappa shape index (κ1) is 20.9. The fraction of sp³-hybridized carbons (Fsp3) is 0.571. The van der Waals surface area contributed by atoms with E-state index in [0.717, 1.165) is 23.7 Å². The number of carbonyl (C=O) groups is 1. The number of carboxylic acids is 1. The standard InChI is InChI=1S/C21H29N3O3S/c25-20(26)14-17(11-7-10-16-8-3-1-4-9-16)21-23-19(24-27-21)15-22-28-18-12-5-2-6-13-18/h2,5-6,12-13,16-17,22H,1,3-4,7-11,14-15H2,(H,25,26)/t17-/m1/s1. The van der Waals surface area contributed by atoms with Crippen LogP contribution < -0.4 is 4.72 Å². The topological polar surface area (TPSA) is 88.2 Å². The van der Waals surface area contributed by atoms with Gasteiger partial charge in [0.1, 0.15) is 0 Å². The number of benzene rings is 1. The predicted molar refractivity (Wildman–Crippen MR) is 109 cm³/mol. The van der Waals surface area contributed by atoms with Gasteiger partial charge in [0.25, 0.3) is 0 Å². The van der Waals surface area contributed by atoms with E-state index in [1.807, 2.05) is 30.3 Å². The molecule has 6 nitrogen and oxygen atoms in total. The van der Waals surface area contributed by atoms with E-state index in [-0.39, 0.29) is 12.3 Å². The third kappa shape index (κ3) is 6.95. The van der Waals surface area contributed by atoms with Gasteiger partial charge in [0.2, 0.25) is 5.89 Å². The second kappa shape index (κ2) is 11.2. The van der Waals surface area contributed by atoms with Crippen LogP contribution in [0.1, 0.15) is 75.4 Å². The van der Waals surface area contributed by atoms with Crippen molar-refractivity contribution < 1.29 is 14.4 Å². The molecule has 7 heteroatoms. The number of aromatic nitrogens is 2. The molecule has 1 aromatic carbocycles. The fourth-order valence-electron chi connectivity index (χ4n) is 3.83. The first-order valence-electron chi connectivity index (χ1n) is 10.2. The molecule has 0 amide bonds. The Kier molecular flexibility index (Phi) is 8.36. The molecule has 1 aliphatic carbocycles. The lowest BCUT2D eigenvalue weighted by Crippen LogP contribution is -2.10. The number of rotatable bonds is 11. The van der Waals surface area contributed by atoms with Gasteiger partial charge in [0.15, 0.2) is 5.82 Å². The third-order valence-electron chi connectivity index (χ3n) is 5.31. The maximum atomic E-state index is 11.3. The fourth-order valence-corrected chi connectivity index (χ4v) is 4.49. The van der Waals surface area contributed by atoms with Gasteiger partial charge in [-0.05, 0) is 36.4 Å². The minimum Gasteiger partial charge on any atom is -0.481 e. The highest BCUT2D eigenvalue weighted by Crippen LogP contribution is 2.31. The average Bonchev–Trinajstić information content (AvgIpc) is 3.17. The minimum absolute atomic E-state index is 0.0402. The SMILES string of the molecule is O=C(O)C[C@@H](CCCC1CCCCC1)c1nc(CNSc2ccccc2)no1. The van der Waals surface area contributed by atoms with Gasteiger partial charge in [-0.25, -0.2) is 0 Å². The van der Waals surface area contributed by atoms with Crippen LogP contribution in [-0.4, -0.2) is 21.2 Å². The molecule has 152 valence electrons. The first-order valence-corrected chi connectivity index (χ1v) is 11.0. The largest absolute Gasteiger partial charge is 0.481 e. The zero-order valence-corrected chi connectivity index (χ0v) is 17.0. The highest BCUT2D eigenvalue weighted by atomic mass is 32.2. The summed E-state index contributed by atoms with van der Waals surface area (Å²) in [6.45, 7) is 0.463. The van der Waals surface area contributed by atoms with E-state index in [2.05, 4.69) is 14.9 Å². The van der Waals surface area contributed by atoms with Crippen LogP contribution >= 0.6 is 11.9 Å². The van der Waals surface area contributed by atoms with Gasteiger partial charge >= 0.3 is 5.97 Å². The predicted octanol–water partition coefficient (Wildman–Crippen LogP) is 5.18. The summed E-state index contributed by atoms with van der Waals surface area (Å²) in [5.41, 5.74) is 0. The van der Waals surface area contributed by atoms with Crippen LogP contribution in [0.25, 0.3) is 0 Å². The minimum atomic E-state index is -0.819. The van der Waals surface area contributed by atoms with Gasteiger partial charge in [-0.3, -0.25) is 9.52 Å². The molecule has 0 spiro atoms. The Labute approximate surface area is 170 Å². The van der Waals surface area contributed by atoms with E-state index in [0.29, 0.717) is 18.3 Å². The zero-order valence-electron chi connectivity index (χ0n) is 16.2. The van der Waals surface area contributed by atoms with Crippen molar-refractivity contribution in [1.82, 2.24) is 14.9 Å². The molecule has 2 N–H and O–H groups in total. The molecule has 0 saturated heterocycles. The molecule has 2 aromatic rings. The Morgan fingerprint density at radius 3 is 2.79 bits per heavy atom. The van der Waals surface area contributed by atoms with E-state index in [9.17, 15) is 9.90 Å². The lowest BCUT2D eigenvalue weighted by atomic mass is 9.84. The Balaban J connectivity index is 1.48. The molecular formula is C21H29N3O3S. The first-order chi connectivity index (χ1) is 13.7. The molecule has 0 aliphatic heterocycles. The van der Waals surface area contributed by atoms with Crippen molar-refractivity contribution in [1.29, 1.82) is 0 Å². The van der Waals surface area contributed by atoms with E-state index in [1.54, 1.807) is 0 Å². The Morgan fingerprint density at radius 1 is 1.25 bits per heavy atom. The molecule has 3 rings (SSSR count). The van der Waals surface area contributed by atoms with E-state index < -0.39 is 5.97 Å². The second-order valence-corrected chi connectivity index (χ2v) is 8.48. The highest BCUT2D eigenvalue weighted by Gasteiger charge is 2.23. The summed E-state index contributed by atoms with van der Waals surface area (Å²) in [6.07, 6.45) is 9.69. The van der Waals surface area contributed by atoms with Crippen molar-refractivity contribution in [2.75, 3.05) is 0 Å². The molecule has 1 saturated carbocycles. The third-order valence-corrected chi connectivity index (χ3v) is 6.10. The molecule has 1 aromatic heterocycles. The van der Waals surface area contributed by atoms with Crippen LogP contribution in [0.4, 0.5) is 0 Å². The lowest BCUT2D eigenvalue weighted by molar-refractivity contribution is -0.137.